The zero-order chi connectivity index (χ0) is 32.3. The van der Waals surface area contributed by atoms with Crippen LogP contribution in [0.1, 0.15) is 62.3 Å². The number of benzene rings is 2. The summed E-state index contributed by atoms with van der Waals surface area (Å²) < 4.78 is 35.0. The van der Waals surface area contributed by atoms with Gasteiger partial charge in [0, 0.05) is 37.4 Å². The molecule has 5 rings (SSSR count). The fourth-order valence-electron chi connectivity index (χ4n) is 6.00. The van der Waals surface area contributed by atoms with E-state index in [1.54, 1.807) is 0 Å². The molecule has 0 bridgehead atoms. The minimum Gasteiger partial charge on any atom is -0.494 e. The Labute approximate surface area is 268 Å². The van der Waals surface area contributed by atoms with Crippen LogP contribution in [-0.4, -0.2) is 76.9 Å². The van der Waals surface area contributed by atoms with Crippen LogP contribution in [0.15, 0.2) is 30.8 Å². The maximum atomic E-state index is 13.3. The number of carbonyl (C=O) groups is 2. The largest absolute Gasteiger partial charge is 0.494 e. The number of hydrogen-bond acceptors (Lipinski definition) is 6. The summed E-state index contributed by atoms with van der Waals surface area (Å²) in [5.41, 5.74) is 4.55. The number of carbonyl (C=O) groups excluding carboxylic acids is 2. The van der Waals surface area contributed by atoms with Crippen molar-refractivity contribution in [1.82, 2.24) is 14.5 Å². The Hall–Kier alpha value is -3.61. The van der Waals surface area contributed by atoms with Crippen molar-refractivity contribution in [2.24, 2.45) is 5.92 Å². The van der Waals surface area contributed by atoms with Crippen LogP contribution in [0.25, 0.3) is 5.70 Å². The average Bonchev–Trinajstić information content (AvgIpc) is 3.65. The molecule has 3 aliphatic rings. The van der Waals surface area contributed by atoms with Gasteiger partial charge in [-0.05, 0) is 84.4 Å². The summed E-state index contributed by atoms with van der Waals surface area (Å²) in [5.74, 6) is 2.06. The Morgan fingerprint density at radius 1 is 1.11 bits per heavy atom. The molecular weight excluding hydrogens is 594 g/mol. The lowest BCUT2D eigenvalue weighted by Gasteiger charge is -2.34. The third-order valence-electron chi connectivity index (χ3n) is 8.67. The Kier molecular flexibility index (Phi) is 10.0. The number of anilines is 2. The maximum Gasteiger partial charge on any atom is 0.323 e. The first kappa shape index (κ1) is 32.8. The number of amides is 3. The second-order valence-corrected chi connectivity index (χ2v) is 13.8. The molecule has 12 heteroatoms. The van der Waals surface area contributed by atoms with Gasteiger partial charge < -0.3 is 25.0 Å². The van der Waals surface area contributed by atoms with E-state index in [2.05, 4.69) is 26.8 Å². The van der Waals surface area contributed by atoms with Crippen LogP contribution < -0.4 is 24.8 Å². The highest BCUT2D eigenvalue weighted by atomic mass is 32.2. The van der Waals surface area contributed by atoms with Gasteiger partial charge in [0.05, 0.1) is 25.0 Å². The van der Waals surface area contributed by atoms with Crippen LogP contribution in [-0.2, 0) is 34.3 Å². The van der Waals surface area contributed by atoms with Crippen molar-refractivity contribution >= 4 is 40.3 Å². The smallest absolute Gasteiger partial charge is 0.323 e. The summed E-state index contributed by atoms with van der Waals surface area (Å²) in [6.07, 6.45) is 5.16. The Morgan fingerprint density at radius 2 is 1.84 bits per heavy atom. The quantitative estimate of drug-likeness (QED) is 0.246. The number of fused-ring (bicyclic) bond motifs is 1. The number of piperazine rings is 1. The van der Waals surface area contributed by atoms with Gasteiger partial charge in [-0.2, -0.15) is 0 Å². The summed E-state index contributed by atoms with van der Waals surface area (Å²) in [6, 6.07) is 7.01. The van der Waals surface area contributed by atoms with Crippen molar-refractivity contribution in [1.29, 1.82) is 0 Å². The minimum atomic E-state index is -2.32. The van der Waals surface area contributed by atoms with Gasteiger partial charge in [-0.25, -0.2) is 9.00 Å². The van der Waals surface area contributed by atoms with E-state index in [1.165, 1.54) is 20.0 Å². The Bertz CT molecular complexity index is 1480. The van der Waals surface area contributed by atoms with E-state index < -0.39 is 17.3 Å². The van der Waals surface area contributed by atoms with Crippen molar-refractivity contribution in [3.05, 3.63) is 53.1 Å². The SMILES string of the molecule is C=C(NS(=O)O)c1cc(C(C)(C)C)cc(NC(=O)Nc2ccc(OCCN3CCN(CC4CC4)C(=O)C3)c3c2CCC3)c1OC. The average molecular weight is 640 g/mol. The fraction of sp³-hybridized carbons (Fsp3) is 0.515. The molecule has 0 aromatic heterocycles. The molecule has 1 heterocycles. The lowest BCUT2D eigenvalue weighted by molar-refractivity contribution is -0.136. The highest BCUT2D eigenvalue weighted by molar-refractivity contribution is 7.77. The molecule has 11 nitrogen and oxygen atoms in total. The van der Waals surface area contributed by atoms with E-state index in [9.17, 15) is 18.4 Å². The van der Waals surface area contributed by atoms with E-state index >= 15 is 0 Å². The number of urea groups is 1. The predicted octanol–water partition coefficient (Wildman–Crippen LogP) is 4.76. The van der Waals surface area contributed by atoms with Crippen molar-refractivity contribution in [2.45, 2.75) is 58.3 Å². The number of nitrogens with zero attached hydrogens (tertiary/aromatic N) is 2. The number of hydrogen-bond donors (Lipinski definition) is 4. The molecule has 1 unspecified atom stereocenters. The molecule has 2 aliphatic carbocycles. The van der Waals surface area contributed by atoms with Crippen molar-refractivity contribution in [2.75, 3.05) is 57.1 Å². The lowest BCUT2D eigenvalue weighted by atomic mass is 9.85. The first-order chi connectivity index (χ1) is 21.4. The Balaban J connectivity index is 1.24. The van der Waals surface area contributed by atoms with Gasteiger partial charge >= 0.3 is 6.03 Å². The monoisotopic (exact) mass is 639 g/mol. The van der Waals surface area contributed by atoms with Gasteiger partial charge in [0.25, 0.3) is 11.3 Å². The number of nitrogens with one attached hydrogen (secondary N) is 3. The molecule has 1 saturated carbocycles. The first-order valence-corrected chi connectivity index (χ1v) is 16.7. The molecule has 3 amide bonds. The summed E-state index contributed by atoms with van der Waals surface area (Å²) in [7, 11) is 1.47. The summed E-state index contributed by atoms with van der Waals surface area (Å²) in [6.45, 7) is 14.2. The van der Waals surface area contributed by atoms with Gasteiger partial charge in [0.2, 0.25) is 5.91 Å². The third-order valence-corrected chi connectivity index (χ3v) is 9.09. The molecule has 1 saturated heterocycles. The lowest BCUT2D eigenvalue weighted by Crippen LogP contribution is -2.51. The van der Waals surface area contributed by atoms with Gasteiger partial charge in [-0.1, -0.05) is 27.4 Å². The van der Waals surface area contributed by atoms with E-state index in [4.69, 9.17) is 9.47 Å². The number of methoxy groups -OCH3 is 1. The molecular formula is C33H45N5O6S. The molecule has 4 N–H and O–H groups in total. The fourth-order valence-corrected chi connectivity index (χ4v) is 6.32. The normalized spacial score (nSPS) is 17.4. The molecule has 2 fully saturated rings. The number of ether oxygens (including phenoxy) is 2. The van der Waals surface area contributed by atoms with Crippen molar-refractivity contribution < 1.29 is 27.8 Å². The molecule has 0 spiro atoms. The molecule has 45 heavy (non-hydrogen) atoms. The summed E-state index contributed by atoms with van der Waals surface area (Å²) in [4.78, 5) is 30.1. The van der Waals surface area contributed by atoms with Crippen LogP contribution in [0.2, 0.25) is 0 Å². The second kappa shape index (κ2) is 13.8. The maximum absolute atomic E-state index is 13.3. The van der Waals surface area contributed by atoms with Crippen LogP contribution >= 0.6 is 0 Å². The zero-order valence-corrected chi connectivity index (χ0v) is 27.5. The molecule has 0 radical (unpaired) electrons. The predicted molar refractivity (Wildman–Crippen MR) is 177 cm³/mol. The van der Waals surface area contributed by atoms with Crippen LogP contribution in [0.3, 0.4) is 0 Å². The highest BCUT2D eigenvalue weighted by Gasteiger charge is 2.30. The molecule has 244 valence electrons. The van der Waals surface area contributed by atoms with Crippen LogP contribution in [0.4, 0.5) is 16.2 Å². The molecule has 1 atom stereocenters. The van der Waals surface area contributed by atoms with E-state index in [0.29, 0.717) is 42.6 Å². The van der Waals surface area contributed by atoms with Crippen molar-refractivity contribution in [3.8, 4) is 11.5 Å². The summed E-state index contributed by atoms with van der Waals surface area (Å²) >= 11 is -2.32. The van der Waals surface area contributed by atoms with E-state index in [0.717, 1.165) is 67.0 Å². The van der Waals surface area contributed by atoms with Gasteiger partial charge in [-0.3, -0.25) is 19.0 Å². The topological polar surface area (TPSA) is 132 Å². The van der Waals surface area contributed by atoms with Gasteiger partial charge in [0.15, 0.2) is 5.75 Å². The van der Waals surface area contributed by atoms with Gasteiger partial charge in [0.1, 0.15) is 12.4 Å². The van der Waals surface area contributed by atoms with Crippen LogP contribution in [0.5, 0.6) is 11.5 Å². The highest BCUT2D eigenvalue weighted by Crippen LogP contribution is 2.39. The van der Waals surface area contributed by atoms with E-state index in [1.807, 2.05) is 49.9 Å². The second-order valence-electron chi connectivity index (χ2n) is 13.1. The third kappa shape index (κ3) is 8.16. The molecule has 2 aromatic carbocycles. The van der Waals surface area contributed by atoms with Crippen LogP contribution in [0, 0.1) is 5.92 Å². The molecule has 1 aliphatic heterocycles. The van der Waals surface area contributed by atoms with E-state index in [-0.39, 0.29) is 17.0 Å². The van der Waals surface area contributed by atoms with Gasteiger partial charge in [-0.15, -0.1) is 0 Å². The summed E-state index contributed by atoms with van der Waals surface area (Å²) in [5, 5.41) is 5.92. The van der Waals surface area contributed by atoms with Crippen molar-refractivity contribution in [3.63, 3.8) is 0 Å². The zero-order valence-electron chi connectivity index (χ0n) is 26.7. The first-order valence-electron chi connectivity index (χ1n) is 15.6. The molecule has 2 aromatic rings. The Morgan fingerprint density at radius 3 is 2.51 bits per heavy atom. The minimum absolute atomic E-state index is 0.193. The standard InChI is InChI=1S/C33H45N5O6S/c1-21(36-45(41)42)26-17-23(33(2,3)4)18-28(31(26)43-5)35-32(40)34-27-11-12-29(25-8-6-7-24(25)27)44-16-15-37-13-14-38(30(39)20-37)19-22-9-10-22/h11-12,17-18,22,36H,1,6-10,13-16,19-20H2,2-5H3,(H,41,42)(H2,34,35,40). The number of rotatable bonds is 12.